The number of hydrazone groups is 1. The zero-order valence-electron chi connectivity index (χ0n) is 16.5. The van der Waals surface area contributed by atoms with Gasteiger partial charge in [-0.15, -0.1) is 10.2 Å². The molecule has 0 fully saturated rings. The van der Waals surface area contributed by atoms with Crippen molar-refractivity contribution in [3.05, 3.63) is 77.9 Å². The average Bonchev–Trinajstić information content (AvgIpc) is 3.13. The van der Waals surface area contributed by atoms with Gasteiger partial charge in [-0.05, 0) is 24.1 Å². The van der Waals surface area contributed by atoms with Gasteiger partial charge in [0.15, 0.2) is 0 Å². The van der Waals surface area contributed by atoms with E-state index in [0.717, 1.165) is 11.1 Å². The number of allylic oxidation sites excluding steroid dienone is 1. The Labute approximate surface area is 179 Å². The topological polar surface area (TPSA) is 110 Å². The largest absolute Gasteiger partial charge is 0.349 e. The van der Waals surface area contributed by atoms with Crippen LogP contribution in [0, 0.1) is 0 Å². The molecule has 0 saturated heterocycles. The number of nitrogens with two attached hydrogens (primary N) is 1. The monoisotopic (exact) mass is 421 g/mol. The number of carbonyl (C=O) groups is 1. The molecule has 3 rings (SSSR count). The quantitative estimate of drug-likeness (QED) is 0.212. The van der Waals surface area contributed by atoms with Crippen molar-refractivity contribution in [2.75, 3.05) is 17.0 Å². The molecule has 1 aromatic heterocycles. The predicted molar refractivity (Wildman–Crippen MR) is 121 cm³/mol. The molecule has 154 valence electrons. The van der Waals surface area contributed by atoms with E-state index in [9.17, 15) is 4.79 Å². The highest BCUT2D eigenvalue weighted by molar-refractivity contribution is 7.99. The number of hydrogen-bond acceptors (Lipinski definition) is 7. The maximum absolute atomic E-state index is 12.2. The molecule has 0 bridgehead atoms. The van der Waals surface area contributed by atoms with E-state index in [4.69, 9.17) is 5.84 Å². The van der Waals surface area contributed by atoms with Crippen molar-refractivity contribution in [2.24, 2.45) is 5.10 Å². The van der Waals surface area contributed by atoms with Gasteiger partial charge in [-0.25, -0.2) is 10.1 Å². The molecule has 0 saturated carbocycles. The van der Waals surface area contributed by atoms with Crippen LogP contribution in [0.4, 0.5) is 5.95 Å². The van der Waals surface area contributed by atoms with Gasteiger partial charge in [0.05, 0.1) is 11.8 Å². The van der Waals surface area contributed by atoms with Crippen molar-refractivity contribution in [2.45, 2.75) is 18.1 Å². The first-order valence-corrected chi connectivity index (χ1v) is 10.3. The van der Waals surface area contributed by atoms with Crippen LogP contribution in [0.25, 0.3) is 6.08 Å². The Morgan fingerprint density at radius 2 is 1.87 bits per heavy atom. The smallest absolute Gasteiger partial charge is 0.264 e. The van der Waals surface area contributed by atoms with Crippen LogP contribution in [0.3, 0.4) is 0 Å². The highest BCUT2D eigenvalue weighted by Crippen LogP contribution is 2.17. The summed E-state index contributed by atoms with van der Waals surface area (Å²) in [5, 5.41) is 15.3. The number of carbonyl (C=O) groups excluding carboxylic acids is 1. The van der Waals surface area contributed by atoms with Gasteiger partial charge in [-0.2, -0.15) is 5.10 Å². The second-order valence-corrected chi connectivity index (χ2v) is 7.27. The maximum Gasteiger partial charge on any atom is 0.264 e. The molecule has 1 atom stereocenters. The van der Waals surface area contributed by atoms with Gasteiger partial charge >= 0.3 is 0 Å². The van der Waals surface area contributed by atoms with Crippen LogP contribution in [-0.2, 0) is 4.79 Å². The fourth-order valence-electron chi connectivity index (χ4n) is 2.55. The van der Waals surface area contributed by atoms with Gasteiger partial charge in [0.2, 0.25) is 11.1 Å². The van der Waals surface area contributed by atoms with Gasteiger partial charge in [0, 0.05) is 6.21 Å². The summed E-state index contributed by atoms with van der Waals surface area (Å²) < 4.78 is 1.26. The van der Waals surface area contributed by atoms with E-state index in [0.29, 0.717) is 5.16 Å². The van der Waals surface area contributed by atoms with E-state index in [-0.39, 0.29) is 23.7 Å². The number of nitrogens with zero attached hydrogens (tertiary/aromatic N) is 4. The zero-order valence-corrected chi connectivity index (χ0v) is 17.3. The third-order valence-electron chi connectivity index (χ3n) is 4.09. The summed E-state index contributed by atoms with van der Waals surface area (Å²) in [7, 11) is 0. The SMILES string of the molecule is CC(NC(=O)CSc1nnc(N/N=C/C=C/c2ccccc2)n1N)c1ccccc1. The number of rotatable bonds is 9. The number of benzene rings is 2. The van der Waals surface area contributed by atoms with Crippen LogP contribution >= 0.6 is 11.8 Å². The lowest BCUT2D eigenvalue weighted by molar-refractivity contribution is -0.119. The van der Waals surface area contributed by atoms with Crippen LogP contribution in [0.5, 0.6) is 0 Å². The van der Waals surface area contributed by atoms with Crippen molar-refractivity contribution in [1.29, 1.82) is 0 Å². The second kappa shape index (κ2) is 10.8. The number of hydrogen-bond donors (Lipinski definition) is 3. The lowest BCUT2D eigenvalue weighted by Crippen LogP contribution is -2.28. The maximum atomic E-state index is 12.2. The third kappa shape index (κ3) is 6.21. The van der Waals surface area contributed by atoms with Crippen molar-refractivity contribution < 1.29 is 4.79 Å². The van der Waals surface area contributed by atoms with Crippen molar-refractivity contribution in [1.82, 2.24) is 20.2 Å². The molecule has 1 heterocycles. The minimum Gasteiger partial charge on any atom is -0.349 e. The number of thioether (sulfide) groups is 1. The van der Waals surface area contributed by atoms with Gasteiger partial charge in [0.1, 0.15) is 0 Å². The molecule has 1 amide bonds. The number of nitrogens with one attached hydrogen (secondary N) is 2. The van der Waals surface area contributed by atoms with Crippen LogP contribution in [0.15, 0.2) is 77.0 Å². The summed E-state index contributed by atoms with van der Waals surface area (Å²) in [6, 6.07) is 19.6. The summed E-state index contributed by atoms with van der Waals surface area (Å²) in [6.07, 6.45) is 5.31. The van der Waals surface area contributed by atoms with Gasteiger partial charge in [-0.3, -0.25) is 4.79 Å². The van der Waals surface area contributed by atoms with Crippen LogP contribution in [0.1, 0.15) is 24.1 Å². The summed E-state index contributed by atoms with van der Waals surface area (Å²) >= 11 is 1.20. The molecule has 0 radical (unpaired) electrons. The molecular weight excluding hydrogens is 398 g/mol. The summed E-state index contributed by atoms with van der Waals surface area (Å²) in [4.78, 5) is 12.2. The highest BCUT2D eigenvalue weighted by Gasteiger charge is 2.13. The Kier molecular flexibility index (Phi) is 7.62. The Bertz CT molecular complexity index is 1000. The molecule has 4 N–H and O–H groups in total. The van der Waals surface area contributed by atoms with Crippen molar-refractivity contribution in [3.8, 4) is 0 Å². The van der Waals surface area contributed by atoms with E-state index in [2.05, 4.69) is 26.0 Å². The molecule has 0 aliphatic carbocycles. The molecule has 0 aliphatic heterocycles. The van der Waals surface area contributed by atoms with E-state index in [1.807, 2.05) is 73.7 Å². The normalized spacial score (nSPS) is 12.3. The number of amides is 1. The molecule has 3 aromatic rings. The number of anilines is 1. The van der Waals surface area contributed by atoms with E-state index in [1.165, 1.54) is 16.4 Å². The van der Waals surface area contributed by atoms with Gasteiger partial charge in [0.25, 0.3) is 5.95 Å². The lowest BCUT2D eigenvalue weighted by atomic mass is 10.1. The fraction of sp³-hybridized carbons (Fsp3) is 0.143. The third-order valence-corrected chi connectivity index (χ3v) is 5.03. The van der Waals surface area contributed by atoms with Crippen molar-refractivity contribution >= 4 is 35.9 Å². The van der Waals surface area contributed by atoms with Crippen LogP contribution < -0.4 is 16.6 Å². The minimum atomic E-state index is -0.113. The second-order valence-electron chi connectivity index (χ2n) is 6.32. The summed E-state index contributed by atoms with van der Waals surface area (Å²) in [5.74, 6) is 6.31. The molecule has 30 heavy (non-hydrogen) atoms. The molecule has 9 heteroatoms. The number of nitrogen functional groups attached to an aromatic ring is 1. The zero-order chi connectivity index (χ0) is 21.2. The molecular formula is C21H23N7OS. The first-order chi connectivity index (χ1) is 14.6. The first-order valence-electron chi connectivity index (χ1n) is 9.32. The van der Waals surface area contributed by atoms with Crippen LogP contribution in [0.2, 0.25) is 0 Å². The Morgan fingerprint density at radius 3 is 2.60 bits per heavy atom. The van der Waals surface area contributed by atoms with Gasteiger partial charge in [-0.1, -0.05) is 78.5 Å². The van der Waals surface area contributed by atoms with E-state index >= 15 is 0 Å². The Hall–Kier alpha value is -3.59. The van der Waals surface area contributed by atoms with E-state index < -0.39 is 0 Å². The van der Waals surface area contributed by atoms with Crippen molar-refractivity contribution in [3.63, 3.8) is 0 Å². The molecule has 8 nitrogen and oxygen atoms in total. The Balaban J connectivity index is 1.46. The molecule has 1 unspecified atom stereocenters. The summed E-state index contributed by atoms with van der Waals surface area (Å²) in [6.45, 7) is 1.94. The molecule has 2 aromatic carbocycles. The Morgan fingerprint density at radius 1 is 1.17 bits per heavy atom. The lowest BCUT2D eigenvalue weighted by Gasteiger charge is -2.13. The van der Waals surface area contributed by atoms with E-state index in [1.54, 1.807) is 12.3 Å². The molecule has 0 aliphatic rings. The standard InChI is InChI=1S/C21H23N7OS/c1-16(18-12-6-3-7-13-18)24-19(29)15-30-21-27-26-20(28(21)22)25-23-14-8-11-17-9-4-2-5-10-17/h2-14,16H,15,22H2,1H3,(H,24,29)(H,25,26)/b11-8+,23-14+. The highest BCUT2D eigenvalue weighted by atomic mass is 32.2. The van der Waals surface area contributed by atoms with Gasteiger partial charge < -0.3 is 11.2 Å². The minimum absolute atomic E-state index is 0.0782. The summed E-state index contributed by atoms with van der Waals surface area (Å²) in [5.41, 5.74) is 4.85. The first kappa shape index (κ1) is 21.1. The van der Waals surface area contributed by atoms with Crippen LogP contribution in [-0.4, -0.2) is 32.7 Å². The predicted octanol–water partition coefficient (Wildman–Crippen LogP) is 3.07. The molecule has 0 spiro atoms. The average molecular weight is 422 g/mol. The fourth-order valence-corrected chi connectivity index (χ4v) is 3.21. The number of aromatic nitrogens is 3.